The fraction of sp³-hybridized carbons (Fsp3) is 0.0870. The third-order valence-corrected chi connectivity index (χ3v) is 6.20. The second kappa shape index (κ2) is 6.47. The normalized spacial score (nSPS) is 15.1. The average Bonchev–Trinajstić information content (AvgIpc) is 2.69. The SMILES string of the molecule is Cc1c2c(nc3ccc(Br)cc13)-c1cc(Br)ccc1NC2c1ccccc1. The predicted octanol–water partition coefficient (Wildman–Crippen LogP) is 7.25. The van der Waals surface area contributed by atoms with Crippen LogP contribution in [0.25, 0.3) is 22.2 Å². The van der Waals surface area contributed by atoms with E-state index in [-0.39, 0.29) is 6.04 Å². The first-order valence-electron chi connectivity index (χ1n) is 8.83. The maximum Gasteiger partial charge on any atom is 0.0791 e. The number of aromatic nitrogens is 1. The number of hydrogen-bond donors (Lipinski definition) is 1. The molecule has 1 aromatic heterocycles. The maximum atomic E-state index is 5.09. The molecule has 1 aliphatic rings. The summed E-state index contributed by atoms with van der Waals surface area (Å²) >= 11 is 7.23. The highest BCUT2D eigenvalue weighted by Crippen LogP contribution is 2.46. The number of halogens is 2. The molecule has 1 atom stereocenters. The first-order valence-corrected chi connectivity index (χ1v) is 10.4. The topological polar surface area (TPSA) is 24.9 Å². The Balaban J connectivity index is 1.87. The zero-order valence-corrected chi connectivity index (χ0v) is 17.8. The minimum absolute atomic E-state index is 0.0748. The van der Waals surface area contributed by atoms with Crippen LogP contribution in [0.4, 0.5) is 5.69 Å². The molecule has 27 heavy (non-hydrogen) atoms. The smallest absolute Gasteiger partial charge is 0.0791 e. The molecule has 4 heteroatoms. The van der Waals surface area contributed by atoms with Gasteiger partial charge in [0.2, 0.25) is 0 Å². The van der Waals surface area contributed by atoms with Gasteiger partial charge in [-0.15, -0.1) is 0 Å². The molecule has 132 valence electrons. The van der Waals surface area contributed by atoms with Crippen LogP contribution in [0, 0.1) is 6.92 Å². The van der Waals surface area contributed by atoms with Crippen LogP contribution in [0.15, 0.2) is 75.7 Å². The van der Waals surface area contributed by atoms with Crippen LogP contribution >= 0.6 is 31.9 Å². The zero-order valence-electron chi connectivity index (χ0n) is 14.6. The number of aryl methyl sites for hydroxylation is 1. The van der Waals surface area contributed by atoms with E-state index in [2.05, 4.69) is 111 Å². The van der Waals surface area contributed by atoms with E-state index in [9.17, 15) is 0 Å². The second-order valence-electron chi connectivity index (χ2n) is 6.84. The Bertz CT molecular complexity index is 1190. The van der Waals surface area contributed by atoms with Crippen molar-refractivity contribution in [3.63, 3.8) is 0 Å². The second-order valence-corrected chi connectivity index (χ2v) is 8.67. The Labute approximate surface area is 174 Å². The molecule has 0 fully saturated rings. The highest BCUT2D eigenvalue weighted by molar-refractivity contribution is 9.10. The molecule has 4 aromatic rings. The molecule has 0 radical (unpaired) electrons. The van der Waals surface area contributed by atoms with E-state index in [1.165, 1.54) is 22.1 Å². The molecule has 2 nitrogen and oxygen atoms in total. The number of nitrogens with one attached hydrogen (secondary N) is 1. The number of anilines is 1. The highest BCUT2D eigenvalue weighted by atomic mass is 79.9. The standard InChI is InChI=1S/C23H16Br2N2/c1-13-17-11-15(24)7-9-19(17)27-23-18-12-16(25)8-10-20(18)26-22(21(13)23)14-5-3-2-4-6-14/h2-12,22,26H,1H3. The lowest BCUT2D eigenvalue weighted by molar-refractivity contribution is 0.910. The van der Waals surface area contributed by atoms with E-state index in [1.54, 1.807) is 0 Å². The van der Waals surface area contributed by atoms with Gasteiger partial charge in [-0.2, -0.15) is 0 Å². The van der Waals surface area contributed by atoms with Gasteiger partial charge in [-0.1, -0.05) is 62.2 Å². The number of benzene rings is 3. The van der Waals surface area contributed by atoms with Crippen molar-refractivity contribution < 1.29 is 0 Å². The van der Waals surface area contributed by atoms with Crippen LogP contribution in [-0.4, -0.2) is 4.98 Å². The fourth-order valence-electron chi connectivity index (χ4n) is 3.93. The Morgan fingerprint density at radius 2 is 1.63 bits per heavy atom. The van der Waals surface area contributed by atoms with E-state index in [4.69, 9.17) is 4.98 Å². The van der Waals surface area contributed by atoms with Crippen molar-refractivity contribution >= 4 is 48.5 Å². The van der Waals surface area contributed by atoms with Crippen molar-refractivity contribution in [1.82, 2.24) is 4.98 Å². The molecule has 1 aliphatic heterocycles. The maximum absolute atomic E-state index is 5.09. The van der Waals surface area contributed by atoms with Gasteiger partial charge in [0.25, 0.3) is 0 Å². The third-order valence-electron chi connectivity index (χ3n) is 5.21. The van der Waals surface area contributed by atoms with E-state index >= 15 is 0 Å². The summed E-state index contributed by atoms with van der Waals surface area (Å²) in [5.74, 6) is 0. The largest absolute Gasteiger partial charge is 0.373 e. The van der Waals surface area contributed by atoms with Crippen molar-refractivity contribution in [2.24, 2.45) is 0 Å². The molecule has 0 amide bonds. The van der Waals surface area contributed by atoms with Gasteiger partial charge in [-0.25, -0.2) is 4.98 Å². The summed E-state index contributed by atoms with van der Waals surface area (Å²) in [7, 11) is 0. The van der Waals surface area contributed by atoms with Gasteiger partial charge in [-0.3, -0.25) is 0 Å². The molecular weight excluding hydrogens is 464 g/mol. The van der Waals surface area contributed by atoms with E-state index in [1.807, 2.05) is 0 Å². The monoisotopic (exact) mass is 478 g/mol. The molecule has 0 spiro atoms. The highest BCUT2D eigenvalue weighted by Gasteiger charge is 2.29. The van der Waals surface area contributed by atoms with Crippen molar-refractivity contribution in [3.8, 4) is 11.3 Å². The summed E-state index contributed by atoms with van der Waals surface area (Å²) in [5, 5.41) is 4.93. The summed E-state index contributed by atoms with van der Waals surface area (Å²) in [6, 6.07) is 23.3. The molecular formula is C23H16Br2N2. The molecule has 0 bridgehead atoms. The van der Waals surface area contributed by atoms with Gasteiger partial charge in [0.15, 0.2) is 0 Å². The lowest BCUT2D eigenvalue weighted by atomic mass is 9.85. The van der Waals surface area contributed by atoms with Gasteiger partial charge in [-0.05, 0) is 54.4 Å². The Morgan fingerprint density at radius 3 is 2.44 bits per heavy atom. The summed E-state index contributed by atoms with van der Waals surface area (Å²) < 4.78 is 2.13. The third kappa shape index (κ3) is 2.79. The Kier molecular flexibility index (Phi) is 4.06. The fourth-order valence-corrected chi connectivity index (χ4v) is 4.65. The van der Waals surface area contributed by atoms with Crippen LogP contribution in [0.5, 0.6) is 0 Å². The van der Waals surface area contributed by atoms with Gasteiger partial charge in [0.05, 0.1) is 17.3 Å². The number of pyridine rings is 1. The van der Waals surface area contributed by atoms with Crippen LogP contribution < -0.4 is 5.32 Å². The zero-order chi connectivity index (χ0) is 18.5. The van der Waals surface area contributed by atoms with Gasteiger partial charge < -0.3 is 5.32 Å². The molecule has 5 rings (SSSR count). The van der Waals surface area contributed by atoms with Crippen molar-refractivity contribution in [2.45, 2.75) is 13.0 Å². The minimum Gasteiger partial charge on any atom is -0.373 e. The molecule has 0 aliphatic carbocycles. The van der Waals surface area contributed by atoms with Crippen LogP contribution in [-0.2, 0) is 0 Å². The summed E-state index contributed by atoms with van der Waals surface area (Å²) in [4.78, 5) is 5.09. The van der Waals surface area contributed by atoms with Crippen LogP contribution in [0.2, 0.25) is 0 Å². The Hall–Kier alpha value is -2.17. The molecule has 0 saturated carbocycles. The molecule has 2 heterocycles. The average molecular weight is 480 g/mol. The van der Waals surface area contributed by atoms with Crippen LogP contribution in [0.3, 0.4) is 0 Å². The first-order chi connectivity index (χ1) is 13.1. The van der Waals surface area contributed by atoms with Gasteiger partial charge in [0, 0.05) is 31.1 Å². The van der Waals surface area contributed by atoms with Crippen LogP contribution in [0.1, 0.15) is 22.7 Å². The number of nitrogens with zero attached hydrogens (tertiary/aromatic N) is 1. The lowest BCUT2D eigenvalue weighted by Gasteiger charge is -2.31. The molecule has 1 unspecified atom stereocenters. The minimum atomic E-state index is 0.0748. The summed E-state index contributed by atoms with van der Waals surface area (Å²) in [6.07, 6.45) is 0. The molecule has 3 aromatic carbocycles. The van der Waals surface area contributed by atoms with E-state index < -0.39 is 0 Å². The van der Waals surface area contributed by atoms with Crippen molar-refractivity contribution in [1.29, 1.82) is 0 Å². The first kappa shape index (κ1) is 17.0. The Morgan fingerprint density at radius 1 is 0.889 bits per heavy atom. The van der Waals surface area contributed by atoms with Crippen molar-refractivity contribution in [2.75, 3.05) is 5.32 Å². The van der Waals surface area contributed by atoms with E-state index in [0.717, 1.165) is 31.4 Å². The van der Waals surface area contributed by atoms with Crippen molar-refractivity contribution in [3.05, 3.63) is 92.4 Å². The molecule has 0 saturated heterocycles. The molecule has 1 N–H and O–H groups in total. The quantitative estimate of drug-likeness (QED) is 0.311. The van der Waals surface area contributed by atoms with Gasteiger partial charge in [0.1, 0.15) is 0 Å². The number of hydrogen-bond acceptors (Lipinski definition) is 2. The number of rotatable bonds is 1. The number of fused-ring (bicyclic) bond motifs is 4. The lowest BCUT2D eigenvalue weighted by Crippen LogP contribution is -2.20. The predicted molar refractivity (Wildman–Crippen MR) is 119 cm³/mol. The van der Waals surface area contributed by atoms with Gasteiger partial charge >= 0.3 is 0 Å². The summed E-state index contributed by atoms with van der Waals surface area (Å²) in [6.45, 7) is 2.20. The van der Waals surface area contributed by atoms with E-state index in [0.29, 0.717) is 0 Å². The summed E-state index contributed by atoms with van der Waals surface area (Å²) in [5.41, 5.74) is 8.09.